The average Bonchev–Trinajstić information content (AvgIpc) is 2.99. The SMILES string of the molecule is COCCCN1C(=O)C(=O)/C(=C(/O)c2ccc(C)cc2)[C@H]1c1ccc(O)c(OC)c1. The molecule has 2 aromatic carbocycles. The van der Waals surface area contributed by atoms with Crippen LogP contribution in [0.2, 0.25) is 0 Å². The van der Waals surface area contributed by atoms with Crippen molar-refractivity contribution in [3.8, 4) is 11.5 Å². The van der Waals surface area contributed by atoms with Crippen molar-refractivity contribution in [2.45, 2.75) is 19.4 Å². The minimum Gasteiger partial charge on any atom is -0.507 e. The number of aliphatic hydroxyl groups excluding tert-OH is 1. The highest BCUT2D eigenvalue weighted by atomic mass is 16.5. The van der Waals surface area contributed by atoms with Crippen LogP contribution in [0.4, 0.5) is 0 Å². The minimum absolute atomic E-state index is 0.00835. The van der Waals surface area contributed by atoms with E-state index in [1.54, 1.807) is 31.4 Å². The van der Waals surface area contributed by atoms with Crippen LogP contribution >= 0.6 is 0 Å². The number of Topliss-reactive ketones (excluding diaryl/α,β-unsaturated/α-hetero) is 1. The molecule has 30 heavy (non-hydrogen) atoms. The van der Waals surface area contributed by atoms with Crippen LogP contribution in [0.15, 0.2) is 48.0 Å². The third-order valence-electron chi connectivity index (χ3n) is 5.13. The predicted octanol–water partition coefficient (Wildman–Crippen LogP) is 3.17. The molecule has 0 radical (unpaired) electrons. The Morgan fingerprint density at radius 1 is 1.10 bits per heavy atom. The predicted molar refractivity (Wildman–Crippen MR) is 111 cm³/mol. The number of ether oxygens (including phenoxy) is 2. The topological polar surface area (TPSA) is 96.3 Å². The van der Waals surface area contributed by atoms with Crippen LogP contribution in [0.25, 0.3) is 5.76 Å². The molecule has 1 amide bonds. The molecule has 1 aliphatic heterocycles. The summed E-state index contributed by atoms with van der Waals surface area (Å²) in [6, 6.07) is 10.9. The standard InChI is InChI=1S/C23H25NO6/c1-14-5-7-15(8-6-14)21(26)19-20(16-9-10-17(25)18(13-16)30-3)24(11-4-12-29-2)23(28)22(19)27/h5-10,13,20,25-26H,4,11-12H2,1-3H3/b21-19+/t20-/m1/s1. The number of aromatic hydroxyl groups is 1. The second-order valence-corrected chi connectivity index (χ2v) is 7.14. The van der Waals surface area contributed by atoms with Crippen LogP contribution in [-0.2, 0) is 14.3 Å². The number of aryl methyl sites for hydroxylation is 1. The van der Waals surface area contributed by atoms with Gasteiger partial charge in [0.2, 0.25) is 0 Å². The van der Waals surface area contributed by atoms with Crippen LogP contribution in [0.3, 0.4) is 0 Å². The molecule has 2 aromatic rings. The molecule has 0 saturated carbocycles. The van der Waals surface area contributed by atoms with Gasteiger partial charge in [-0.15, -0.1) is 0 Å². The lowest BCUT2D eigenvalue weighted by atomic mass is 9.94. The second kappa shape index (κ2) is 9.00. The lowest BCUT2D eigenvalue weighted by Crippen LogP contribution is -2.31. The van der Waals surface area contributed by atoms with Crippen molar-refractivity contribution in [2.75, 3.05) is 27.4 Å². The van der Waals surface area contributed by atoms with Crippen LogP contribution in [0.5, 0.6) is 11.5 Å². The van der Waals surface area contributed by atoms with Gasteiger partial charge < -0.3 is 24.6 Å². The fourth-order valence-corrected chi connectivity index (χ4v) is 3.57. The first-order valence-electron chi connectivity index (χ1n) is 9.60. The van der Waals surface area contributed by atoms with Gasteiger partial charge in [0.1, 0.15) is 5.76 Å². The first kappa shape index (κ1) is 21.4. The summed E-state index contributed by atoms with van der Waals surface area (Å²) in [6.45, 7) is 2.62. The molecule has 1 saturated heterocycles. The number of aliphatic hydroxyl groups is 1. The van der Waals surface area contributed by atoms with Crippen molar-refractivity contribution < 1.29 is 29.3 Å². The Hall–Kier alpha value is -3.32. The molecule has 7 nitrogen and oxygen atoms in total. The zero-order valence-electron chi connectivity index (χ0n) is 17.2. The summed E-state index contributed by atoms with van der Waals surface area (Å²) in [5, 5.41) is 20.9. The van der Waals surface area contributed by atoms with Crippen LogP contribution in [0.1, 0.15) is 29.2 Å². The van der Waals surface area contributed by atoms with Gasteiger partial charge in [-0.3, -0.25) is 9.59 Å². The van der Waals surface area contributed by atoms with Crippen LogP contribution < -0.4 is 4.74 Å². The maximum atomic E-state index is 12.9. The zero-order valence-corrected chi connectivity index (χ0v) is 17.2. The zero-order chi connectivity index (χ0) is 21.8. The first-order valence-corrected chi connectivity index (χ1v) is 9.60. The summed E-state index contributed by atoms with van der Waals surface area (Å²) < 4.78 is 10.3. The summed E-state index contributed by atoms with van der Waals surface area (Å²) in [5.41, 5.74) is 2.02. The Balaban J connectivity index is 2.15. The van der Waals surface area contributed by atoms with Crippen molar-refractivity contribution in [1.82, 2.24) is 4.90 Å². The highest BCUT2D eigenvalue weighted by Gasteiger charge is 2.46. The fraction of sp³-hybridized carbons (Fsp3) is 0.304. The van der Waals surface area contributed by atoms with E-state index in [1.807, 2.05) is 19.1 Å². The monoisotopic (exact) mass is 411 g/mol. The van der Waals surface area contributed by atoms with Gasteiger partial charge in [0, 0.05) is 25.8 Å². The lowest BCUT2D eigenvalue weighted by molar-refractivity contribution is -0.140. The number of benzene rings is 2. The maximum absolute atomic E-state index is 12.9. The van der Waals surface area contributed by atoms with Crippen LogP contribution in [-0.4, -0.2) is 54.2 Å². The fourth-order valence-electron chi connectivity index (χ4n) is 3.57. The quantitative estimate of drug-likeness (QED) is 0.314. The average molecular weight is 411 g/mol. The lowest BCUT2D eigenvalue weighted by Gasteiger charge is -2.25. The molecule has 7 heteroatoms. The van der Waals surface area contributed by atoms with Gasteiger partial charge in [-0.25, -0.2) is 0 Å². The number of carbonyl (C=O) groups excluding carboxylic acids is 2. The van der Waals surface area contributed by atoms with Gasteiger partial charge in [0.25, 0.3) is 11.7 Å². The molecular weight excluding hydrogens is 386 g/mol. The largest absolute Gasteiger partial charge is 0.507 e. The number of methoxy groups -OCH3 is 2. The Morgan fingerprint density at radius 3 is 2.43 bits per heavy atom. The Kier molecular flexibility index (Phi) is 6.42. The number of hydrogen-bond donors (Lipinski definition) is 2. The summed E-state index contributed by atoms with van der Waals surface area (Å²) >= 11 is 0. The molecule has 1 atom stereocenters. The number of ketones is 1. The highest BCUT2D eigenvalue weighted by molar-refractivity contribution is 6.46. The van der Waals surface area contributed by atoms with E-state index in [9.17, 15) is 19.8 Å². The van der Waals surface area contributed by atoms with E-state index in [-0.39, 0.29) is 29.4 Å². The van der Waals surface area contributed by atoms with Gasteiger partial charge >= 0.3 is 0 Å². The van der Waals surface area contributed by atoms with Crippen molar-refractivity contribution in [3.05, 3.63) is 64.7 Å². The summed E-state index contributed by atoms with van der Waals surface area (Å²) in [5.74, 6) is -1.51. The number of phenolic OH excluding ortho intramolecular Hbond substituents is 1. The third kappa shape index (κ3) is 4.02. The molecule has 0 spiro atoms. The van der Waals surface area contributed by atoms with Crippen molar-refractivity contribution >= 4 is 17.4 Å². The number of hydrogen-bond acceptors (Lipinski definition) is 6. The number of nitrogens with zero attached hydrogens (tertiary/aromatic N) is 1. The van der Waals surface area contributed by atoms with E-state index in [0.717, 1.165) is 5.56 Å². The molecule has 1 fully saturated rings. The maximum Gasteiger partial charge on any atom is 0.295 e. The van der Waals surface area contributed by atoms with Crippen molar-refractivity contribution in [2.24, 2.45) is 0 Å². The van der Waals surface area contributed by atoms with Gasteiger partial charge in [-0.2, -0.15) is 0 Å². The molecular formula is C23H25NO6. The number of carbonyl (C=O) groups is 2. The molecule has 1 heterocycles. The number of phenols is 1. The van der Waals surface area contributed by atoms with Gasteiger partial charge in [-0.05, 0) is 31.0 Å². The van der Waals surface area contributed by atoms with Crippen molar-refractivity contribution in [3.63, 3.8) is 0 Å². The molecule has 0 aliphatic carbocycles. The van der Waals surface area contributed by atoms with Crippen LogP contribution in [0, 0.1) is 6.92 Å². The molecule has 1 aliphatic rings. The number of likely N-dealkylation sites (tertiary alicyclic amines) is 1. The molecule has 0 aromatic heterocycles. The number of rotatable bonds is 7. The van der Waals surface area contributed by atoms with E-state index in [4.69, 9.17) is 9.47 Å². The molecule has 2 N–H and O–H groups in total. The Bertz CT molecular complexity index is 980. The van der Waals surface area contributed by atoms with E-state index in [0.29, 0.717) is 24.2 Å². The van der Waals surface area contributed by atoms with Gasteiger partial charge in [-0.1, -0.05) is 35.9 Å². The van der Waals surface area contributed by atoms with Gasteiger partial charge in [0.15, 0.2) is 11.5 Å². The first-order chi connectivity index (χ1) is 14.4. The van der Waals surface area contributed by atoms with Crippen molar-refractivity contribution in [1.29, 1.82) is 0 Å². The Morgan fingerprint density at radius 2 is 1.80 bits per heavy atom. The molecule has 0 unspecified atom stereocenters. The van der Waals surface area contributed by atoms with Gasteiger partial charge in [0.05, 0.1) is 18.7 Å². The Labute approximate surface area is 175 Å². The number of amides is 1. The third-order valence-corrected chi connectivity index (χ3v) is 5.13. The minimum atomic E-state index is -0.808. The molecule has 3 rings (SSSR count). The summed E-state index contributed by atoms with van der Waals surface area (Å²) in [4.78, 5) is 27.2. The summed E-state index contributed by atoms with van der Waals surface area (Å²) in [7, 11) is 2.98. The summed E-state index contributed by atoms with van der Waals surface area (Å²) in [6.07, 6.45) is 0.528. The van der Waals surface area contributed by atoms with E-state index in [1.165, 1.54) is 18.1 Å². The van der Waals surface area contributed by atoms with E-state index in [2.05, 4.69) is 0 Å². The van der Waals surface area contributed by atoms with E-state index < -0.39 is 17.7 Å². The second-order valence-electron chi connectivity index (χ2n) is 7.14. The molecule has 158 valence electrons. The molecule has 0 bridgehead atoms. The van der Waals surface area contributed by atoms with E-state index >= 15 is 0 Å². The highest BCUT2D eigenvalue weighted by Crippen LogP contribution is 2.41. The normalized spacial score (nSPS) is 18.1. The smallest absolute Gasteiger partial charge is 0.295 e.